The maximum absolute atomic E-state index is 12.4. The molecule has 0 bridgehead atoms. The largest absolute Gasteiger partial charge is 0.348 e. The van der Waals surface area contributed by atoms with E-state index in [-0.39, 0.29) is 18.5 Å². The SMILES string of the molecule is Cc1cc(C)cc(N(CC(=O)NC(C)c2ccccc2)S(C)(=O)=O)c1. The highest BCUT2D eigenvalue weighted by Gasteiger charge is 2.22. The lowest BCUT2D eigenvalue weighted by atomic mass is 10.1. The second-order valence-electron chi connectivity index (χ2n) is 6.32. The smallest absolute Gasteiger partial charge is 0.241 e. The first kappa shape index (κ1) is 19.0. The normalized spacial score (nSPS) is 12.5. The molecule has 0 aliphatic rings. The zero-order valence-electron chi connectivity index (χ0n) is 15.0. The van der Waals surface area contributed by atoms with Crippen LogP contribution < -0.4 is 9.62 Å². The van der Waals surface area contributed by atoms with Crippen molar-refractivity contribution in [1.29, 1.82) is 0 Å². The van der Waals surface area contributed by atoms with Crippen LogP contribution >= 0.6 is 0 Å². The molecule has 0 saturated carbocycles. The number of aryl methyl sites for hydroxylation is 2. The number of amides is 1. The van der Waals surface area contributed by atoms with Gasteiger partial charge in [-0.1, -0.05) is 36.4 Å². The third-order valence-electron chi connectivity index (χ3n) is 3.86. The van der Waals surface area contributed by atoms with E-state index in [1.165, 1.54) is 0 Å². The quantitative estimate of drug-likeness (QED) is 0.861. The summed E-state index contributed by atoms with van der Waals surface area (Å²) in [6.45, 7) is 5.41. The van der Waals surface area contributed by atoms with Gasteiger partial charge in [-0.25, -0.2) is 8.42 Å². The molecule has 0 aromatic heterocycles. The number of sulfonamides is 1. The summed E-state index contributed by atoms with van der Waals surface area (Å²) in [6, 6.07) is 14.8. The van der Waals surface area contributed by atoms with Crippen LogP contribution in [0.1, 0.15) is 29.7 Å². The van der Waals surface area contributed by atoms with Gasteiger partial charge in [0.1, 0.15) is 6.54 Å². The molecule has 0 spiro atoms. The molecule has 6 heteroatoms. The van der Waals surface area contributed by atoms with Crippen LogP contribution in [-0.2, 0) is 14.8 Å². The summed E-state index contributed by atoms with van der Waals surface area (Å²) in [4.78, 5) is 12.4. The second-order valence-corrected chi connectivity index (χ2v) is 8.22. The van der Waals surface area contributed by atoms with Crippen LogP contribution in [0.4, 0.5) is 5.69 Å². The maximum Gasteiger partial charge on any atom is 0.241 e. The van der Waals surface area contributed by atoms with Crippen LogP contribution in [0.25, 0.3) is 0 Å². The molecule has 0 saturated heterocycles. The number of nitrogens with zero attached hydrogens (tertiary/aromatic N) is 1. The first-order valence-electron chi connectivity index (χ1n) is 8.07. The Hall–Kier alpha value is -2.34. The van der Waals surface area contributed by atoms with Gasteiger partial charge in [-0.15, -0.1) is 0 Å². The minimum absolute atomic E-state index is 0.200. The monoisotopic (exact) mass is 360 g/mol. The van der Waals surface area contributed by atoms with Gasteiger partial charge in [-0.05, 0) is 49.6 Å². The highest BCUT2D eigenvalue weighted by molar-refractivity contribution is 7.92. The van der Waals surface area contributed by atoms with E-state index in [1.807, 2.05) is 57.2 Å². The molecular formula is C19H24N2O3S. The molecule has 1 atom stereocenters. The predicted octanol–water partition coefficient (Wildman–Crippen LogP) is 2.95. The molecule has 2 aromatic rings. The Kier molecular flexibility index (Phi) is 5.85. The van der Waals surface area contributed by atoms with Crippen LogP contribution in [-0.4, -0.2) is 27.1 Å². The zero-order valence-corrected chi connectivity index (χ0v) is 15.8. The van der Waals surface area contributed by atoms with E-state index in [2.05, 4.69) is 5.32 Å². The van der Waals surface area contributed by atoms with E-state index in [0.29, 0.717) is 5.69 Å². The van der Waals surface area contributed by atoms with Crippen molar-refractivity contribution in [3.05, 3.63) is 65.2 Å². The molecule has 5 nitrogen and oxygen atoms in total. The molecular weight excluding hydrogens is 336 g/mol. The van der Waals surface area contributed by atoms with Gasteiger partial charge in [-0.3, -0.25) is 9.10 Å². The fourth-order valence-electron chi connectivity index (χ4n) is 2.74. The van der Waals surface area contributed by atoms with E-state index in [0.717, 1.165) is 27.3 Å². The Bertz CT molecular complexity index is 828. The third kappa shape index (κ3) is 5.32. The van der Waals surface area contributed by atoms with Gasteiger partial charge in [-0.2, -0.15) is 0 Å². The van der Waals surface area contributed by atoms with Crippen molar-refractivity contribution in [2.45, 2.75) is 26.8 Å². The first-order chi connectivity index (χ1) is 11.7. The summed E-state index contributed by atoms with van der Waals surface area (Å²) < 4.78 is 25.5. The van der Waals surface area contributed by atoms with E-state index in [9.17, 15) is 13.2 Å². The molecule has 0 aliphatic heterocycles. The number of hydrogen-bond acceptors (Lipinski definition) is 3. The maximum atomic E-state index is 12.4. The van der Waals surface area contributed by atoms with Crippen molar-refractivity contribution < 1.29 is 13.2 Å². The van der Waals surface area contributed by atoms with Crippen molar-refractivity contribution in [3.8, 4) is 0 Å². The molecule has 25 heavy (non-hydrogen) atoms. The molecule has 1 amide bonds. The fourth-order valence-corrected chi connectivity index (χ4v) is 3.58. The van der Waals surface area contributed by atoms with Gasteiger partial charge >= 0.3 is 0 Å². The molecule has 1 N–H and O–H groups in total. The molecule has 0 radical (unpaired) electrons. The molecule has 0 fully saturated rings. The van der Waals surface area contributed by atoms with Crippen LogP contribution in [0, 0.1) is 13.8 Å². The summed E-state index contributed by atoms with van der Waals surface area (Å²) in [7, 11) is -3.57. The minimum atomic E-state index is -3.57. The average Bonchev–Trinajstić information content (AvgIpc) is 2.51. The van der Waals surface area contributed by atoms with Crippen molar-refractivity contribution in [2.24, 2.45) is 0 Å². The second kappa shape index (κ2) is 7.70. The molecule has 0 heterocycles. The lowest BCUT2D eigenvalue weighted by molar-refractivity contribution is -0.120. The Balaban J connectivity index is 2.19. The summed E-state index contributed by atoms with van der Waals surface area (Å²) >= 11 is 0. The lowest BCUT2D eigenvalue weighted by Crippen LogP contribution is -2.41. The fraction of sp³-hybridized carbons (Fsp3) is 0.316. The molecule has 2 aromatic carbocycles. The highest BCUT2D eigenvalue weighted by Crippen LogP contribution is 2.21. The number of rotatable bonds is 6. The van der Waals surface area contributed by atoms with E-state index < -0.39 is 10.0 Å². The molecule has 0 aliphatic carbocycles. The number of anilines is 1. The highest BCUT2D eigenvalue weighted by atomic mass is 32.2. The topological polar surface area (TPSA) is 66.5 Å². The lowest BCUT2D eigenvalue weighted by Gasteiger charge is -2.24. The summed E-state index contributed by atoms with van der Waals surface area (Å²) in [6.07, 6.45) is 1.11. The predicted molar refractivity (Wildman–Crippen MR) is 101 cm³/mol. The molecule has 2 rings (SSSR count). The van der Waals surface area contributed by atoms with Gasteiger partial charge < -0.3 is 5.32 Å². The van der Waals surface area contributed by atoms with Gasteiger partial charge in [0.05, 0.1) is 18.0 Å². The van der Waals surface area contributed by atoms with Crippen molar-refractivity contribution >= 4 is 21.6 Å². The van der Waals surface area contributed by atoms with Crippen molar-refractivity contribution in [1.82, 2.24) is 5.32 Å². The van der Waals surface area contributed by atoms with Crippen LogP contribution in [0.15, 0.2) is 48.5 Å². The van der Waals surface area contributed by atoms with Crippen molar-refractivity contribution in [3.63, 3.8) is 0 Å². The van der Waals surface area contributed by atoms with Gasteiger partial charge in [0.25, 0.3) is 0 Å². The zero-order chi connectivity index (χ0) is 18.6. The van der Waals surface area contributed by atoms with Gasteiger partial charge in [0.2, 0.25) is 15.9 Å². The van der Waals surface area contributed by atoms with Crippen LogP contribution in [0.2, 0.25) is 0 Å². The Morgan fingerprint density at radius 2 is 1.64 bits per heavy atom. The number of benzene rings is 2. The van der Waals surface area contributed by atoms with Crippen molar-refractivity contribution in [2.75, 3.05) is 17.1 Å². The molecule has 134 valence electrons. The van der Waals surface area contributed by atoms with Crippen LogP contribution in [0.5, 0.6) is 0 Å². The number of carbonyl (C=O) groups excluding carboxylic acids is 1. The number of carbonyl (C=O) groups is 1. The van der Waals surface area contributed by atoms with Gasteiger partial charge in [0, 0.05) is 0 Å². The summed E-state index contributed by atoms with van der Waals surface area (Å²) in [5.41, 5.74) is 3.36. The van der Waals surface area contributed by atoms with Crippen LogP contribution in [0.3, 0.4) is 0 Å². The summed E-state index contributed by atoms with van der Waals surface area (Å²) in [5, 5.41) is 2.85. The molecule has 1 unspecified atom stereocenters. The van der Waals surface area contributed by atoms with Gasteiger partial charge in [0.15, 0.2) is 0 Å². The Morgan fingerprint density at radius 1 is 1.08 bits per heavy atom. The minimum Gasteiger partial charge on any atom is -0.348 e. The van der Waals surface area contributed by atoms with E-state index in [4.69, 9.17) is 0 Å². The Labute approximate surface area is 149 Å². The number of hydrogen-bond donors (Lipinski definition) is 1. The first-order valence-corrected chi connectivity index (χ1v) is 9.92. The average molecular weight is 360 g/mol. The number of nitrogens with one attached hydrogen (secondary N) is 1. The Morgan fingerprint density at radius 3 is 2.16 bits per heavy atom. The van der Waals surface area contributed by atoms with E-state index in [1.54, 1.807) is 12.1 Å². The summed E-state index contributed by atoms with van der Waals surface area (Å²) in [5.74, 6) is -0.346. The van der Waals surface area contributed by atoms with E-state index >= 15 is 0 Å². The third-order valence-corrected chi connectivity index (χ3v) is 5.00. The standard InChI is InChI=1S/C19H24N2O3S/c1-14-10-15(2)12-18(11-14)21(25(4,23)24)13-19(22)20-16(3)17-8-6-5-7-9-17/h5-12,16H,13H2,1-4H3,(H,20,22).